The highest BCUT2D eigenvalue weighted by atomic mass is 32.2. The van der Waals surface area contributed by atoms with Crippen molar-refractivity contribution in [2.45, 2.75) is 36.1 Å². The number of nitrogens with zero attached hydrogens (tertiary/aromatic N) is 4. The zero-order chi connectivity index (χ0) is 27.2. The third kappa shape index (κ3) is 4.97. The van der Waals surface area contributed by atoms with Crippen molar-refractivity contribution in [1.82, 2.24) is 14.7 Å². The lowest BCUT2D eigenvalue weighted by molar-refractivity contribution is 0.0362. The van der Waals surface area contributed by atoms with E-state index < -0.39 is 9.84 Å². The molecule has 0 radical (unpaired) electrons. The summed E-state index contributed by atoms with van der Waals surface area (Å²) in [4.78, 5) is 18.1. The van der Waals surface area contributed by atoms with Crippen LogP contribution in [0.2, 0.25) is 0 Å². The van der Waals surface area contributed by atoms with E-state index in [1.165, 1.54) is 23.1 Å². The molecular weight excluding hydrogens is 516 g/mol. The second-order valence-electron chi connectivity index (χ2n) is 10.8. The van der Waals surface area contributed by atoms with Gasteiger partial charge in [0.15, 0.2) is 14.9 Å². The Morgan fingerprint density at radius 3 is 2.26 bits per heavy atom. The van der Waals surface area contributed by atoms with Gasteiger partial charge in [-0.05, 0) is 79.6 Å². The number of morpholine rings is 1. The van der Waals surface area contributed by atoms with Crippen LogP contribution in [0.1, 0.15) is 40.9 Å². The summed E-state index contributed by atoms with van der Waals surface area (Å²) in [5, 5.41) is 4.37. The van der Waals surface area contributed by atoms with Crippen molar-refractivity contribution < 1.29 is 22.7 Å². The molecule has 3 aliphatic rings. The van der Waals surface area contributed by atoms with Gasteiger partial charge in [-0.15, -0.1) is 0 Å². The van der Waals surface area contributed by atoms with Crippen molar-refractivity contribution in [2.75, 3.05) is 57.7 Å². The number of amides is 1. The molecule has 0 bridgehead atoms. The molecule has 0 spiro atoms. The van der Waals surface area contributed by atoms with Crippen LogP contribution in [0.5, 0.6) is 5.75 Å². The molecule has 6 rings (SSSR count). The van der Waals surface area contributed by atoms with Crippen molar-refractivity contribution in [3.63, 3.8) is 0 Å². The van der Waals surface area contributed by atoms with Crippen molar-refractivity contribution >= 4 is 21.4 Å². The van der Waals surface area contributed by atoms with Gasteiger partial charge < -0.3 is 14.4 Å². The number of aromatic nitrogens is 2. The quantitative estimate of drug-likeness (QED) is 0.425. The number of carbonyl (C=O) groups excluding carboxylic acids is 1. The molecule has 1 saturated heterocycles. The van der Waals surface area contributed by atoms with Gasteiger partial charge in [0.05, 0.1) is 26.0 Å². The molecular formula is C29H34N4O5S. The smallest absolute Gasteiger partial charge is 0.277 e. The lowest BCUT2D eigenvalue weighted by atomic mass is 9.91. The van der Waals surface area contributed by atoms with Crippen LogP contribution in [-0.4, -0.2) is 81.8 Å². The van der Waals surface area contributed by atoms with E-state index in [9.17, 15) is 13.2 Å². The largest absolute Gasteiger partial charge is 0.497 e. The Bertz CT molecular complexity index is 1470. The van der Waals surface area contributed by atoms with Gasteiger partial charge in [-0.2, -0.15) is 5.10 Å². The molecule has 206 valence electrons. The zero-order valence-electron chi connectivity index (χ0n) is 22.4. The van der Waals surface area contributed by atoms with Crippen LogP contribution in [0.4, 0.5) is 5.69 Å². The molecule has 39 heavy (non-hydrogen) atoms. The second-order valence-corrected chi connectivity index (χ2v) is 12.7. The molecule has 0 N–H and O–H groups in total. The summed E-state index contributed by atoms with van der Waals surface area (Å²) in [6, 6.07) is 15.4. The first-order chi connectivity index (χ1) is 18.8. The van der Waals surface area contributed by atoms with Crippen LogP contribution in [0.15, 0.2) is 53.6 Å². The predicted molar refractivity (Wildman–Crippen MR) is 148 cm³/mol. The van der Waals surface area contributed by atoms with Gasteiger partial charge in [0.1, 0.15) is 11.4 Å². The lowest BCUT2D eigenvalue weighted by Gasteiger charge is -2.29. The Morgan fingerprint density at radius 2 is 1.64 bits per heavy atom. The highest BCUT2D eigenvalue weighted by Crippen LogP contribution is 2.51. The van der Waals surface area contributed by atoms with E-state index in [2.05, 4.69) is 22.1 Å². The van der Waals surface area contributed by atoms with Crippen molar-refractivity contribution in [3.05, 3.63) is 65.4 Å². The van der Waals surface area contributed by atoms with Gasteiger partial charge in [-0.3, -0.25) is 9.69 Å². The van der Waals surface area contributed by atoms with Crippen LogP contribution in [0.25, 0.3) is 5.69 Å². The third-order valence-electron chi connectivity index (χ3n) is 8.30. The molecule has 1 aromatic heterocycles. The maximum atomic E-state index is 13.9. The van der Waals surface area contributed by atoms with Gasteiger partial charge >= 0.3 is 0 Å². The van der Waals surface area contributed by atoms with Crippen molar-refractivity contribution in [1.29, 1.82) is 0 Å². The summed E-state index contributed by atoms with van der Waals surface area (Å²) >= 11 is 0. The number of ether oxygens (including phenoxy) is 2. The van der Waals surface area contributed by atoms with Gasteiger partial charge in [0.25, 0.3) is 5.91 Å². The molecule has 9 nitrogen and oxygen atoms in total. The van der Waals surface area contributed by atoms with Crippen LogP contribution in [-0.2, 0) is 26.4 Å². The summed E-state index contributed by atoms with van der Waals surface area (Å²) < 4.78 is 37.3. The zero-order valence-corrected chi connectivity index (χ0v) is 23.2. The van der Waals surface area contributed by atoms with E-state index in [-0.39, 0.29) is 16.3 Å². The van der Waals surface area contributed by atoms with Crippen LogP contribution >= 0.6 is 0 Å². The summed E-state index contributed by atoms with van der Waals surface area (Å²) in [6.45, 7) is 5.11. The number of rotatable bonds is 8. The number of anilines is 1. The molecule has 3 heterocycles. The third-order valence-corrected chi connectivity index (χ3v) is 9.33. The van der Waals surface area contributed by atoms with E-state index in [1.807, 2.05) is 12.1 Å². The Kier molecular flexibility index (Phi) is 6.73. The number of sulfone groups is 1. The minimum absolute atomic E-state index is 0.0346. The molecule has 2 aromatic carbocycles. The summed E-state index contributed by atoms with van der Waals surface area (Å²) in [7, 11) is -2.04. The Morgan fingerprint density at radius 1 is 0.974 bits per heavy atom. The highest BCUT2D eigenvalue weighted by Gasteiger charge is 2.44. The fourth-order valence-electron chi connectivity index (χ4n) is 5.81. The molecule has 2 fully saturated rings. The number of carbonyl (C=O) groups is 1. The molecule has 1 amide bonds. The maximum absolute atomic E-state index is 13.9. The van der Waals surface area contributed by atoms with E-state index in [0.29, 0.717) is 35.7 Å². The van der Waals surface area contributed by atoms with Crippen LogP contribution in [0.3, 0.4) is 0 Å². The summed E-state index contributed by atoms with van der Waals surface area (Å²) in [5.41, 5.74) is 3.73. The summed E-state index contributed by atoms with van der Waals surface area (Å²) in [6.07, 6.45) is 5.06. The van der Waals surface area contributed by atoms with Gasteiger partial charge in [-0.25, -0.2) is 13.1 Å². The second kappa shape index (κ2) is 10.1. The first kappa shape index (κ1) is 26.0. The Labute approximate surface area is 229 Å². The van der Waals surface area contributed by atoms with Gasteiger partial charge in [0.2, 0.25) is 0 Å². The predicted octanol–water partition coefficient (Wildman–Crippen LogP) is 3.24. The van der Waals surface area contributed by atoms with Crippen molar-refractivity contribution in [2.24, 2.45) is 0 Å². The maximum Gasteiger partial charge on any atom is 0.277 e. The van der Waals surface area contributed by atoms with E-state index in [0.717, 1.165) is 51.2 Å². The summed E-state index contributed by atoms with van der Waals surface area (Å²) in [5.74, 6) is 0.408. The lowest BCUT2D eigenvalue weighted by Crippen LogP contribution is -2.39. The minimum atomic E-state index is -3.62. The number of hydrogen-bond donors (Lipinski definition) is 0. The molecule has 0 atom stereocenters. The number of fused-ring (bicyclic) bond motifs is 1. The average molecular weight is 551 g/mol. The number of hydrogen-bond acceptors (Lipinski definition) is 7. The monoisotopic (exact) mass is 550 g/mol. The minimum Gasteiger partial charge on any atom is -0.497 e. The van der Waals surface area contributed by atoms with E-state index in [1.54, 1.807) is 36.3 Å². The Hall–Kier alpha value is -3.21. The van der Waals surface area contributed by atoms with Gasteiger partial charge in [-0.1, -0.05) is 12.1 Å². The first-order valence-electron chi connectivity index (χ1n) is 13.5. The normalized spacial score (nSPS) is 19.1. The average Bonchev–Trinajstić information content (AvgIpc) is 3.64. The Balaban J connectivity index is 1.26. The molecule has 0 unspecified atom stereocenters. The highest BCUT2D eigenvalue weighted by molar-refractivity contribution is 7.90. The van der Waals surface area contributed by atoms with Crippen molar-refractivity contribution in [3.8, 4) is 11.4 Å². The molecule has 10 heteroatoms. The first-order valence-corrected chi connectivity index (χ1v) is 15.4. The van der Waals surface area contributed by atoms with Crippen LogP contribution in [0, 0.1) is 0 Å². The van der Waals surface area contributed by atoms with Gasteiger partial charge in [0, 0.05) is 37.1 Å². The fourth-order valence-corrected chi connectivity index (χ4v) is 6.68. The number of methoxy groups -OCH3 is 1. The van der Waals surface area contributed by atoms with E-state index in [4.69, 9.17) is 9.47 Å². The standard InChI is InChI=1S/C29H34N4O5S/c1-37-24-9-7-23(8-10-24)33-26-25(27(30-33)39(2,35)36)11-15-32(28(26)34)22-5-3-21(4-6-22)29(12-13-29)14-16-31-17-19-38-20-18-31/h3-10H,11-20H2,1-2H3. The molecule has 3 aromatic rings. The SMILES string of the molecule is COc1ccc(-n2nc(S(C)(=O)=O)c3c2C(=O)N(c2ccc(C4(CCN5CCOCC5)CC4)cc2)CC3)cc1. The fraction of sp³-hybridized carbons (Fsp3) is 0.448. The topological polar surface area (TPSA) is 94.0 Å². The number of benzene rings is 2. The molecule has 2 aliphatic heterocycles. The van der Waals surface area contributed by atoms with Crippen LogP contribution < -0.4 is 9.64 Å². The van der Waals surface area contributed by atoms with E-state index >= 15 is 0 Å². The molecule has 1 aliphatic carbocycles. The molecule has 1 saturated carbocycles.